The van der Waals surface area contributed by atoms with Gasteiger partial charge in [0.05, 0.1) is 25.5 Å². The van der Waals surface area contributed by atoms with Crippen LogP contribution in [0.1, 0.15) is 42.3 Å². The molecule has 0 amide bonds. The van der Waals surface area contributed by atoms with E-state index in [0.717, 1.165) is 25.0 Å². The summed E-state index contributed by atoms with van der Waals surface area (Å²) in [6.07, 6.45) is 1.91. The van der Waals surface area contributed by atoms with E-state index in [1.807, 2.05) is 6.92 Å². The molecule has 0 aliphatic carbocycles. The lowest BCUT2D eigenvalue weighted by atomic mass is 9.98. The van der Waals surface area contributed by atoms with E-state index in [4.69, 9.17) is 9.47 Å². The van der Waals surface area contributed by atoms with Gasteiger partial charge < -0.3 is 9.47 Å². The highest BCUT2D eigenvalue weighted by Gasteiger charge is 2.31. The Morgan fingerprint density at radius 3 is 2.64 bits per heavy atom. The van der Waals surface area contributed by atoms with Crippen LogP contribution in [0.4, 0.5) is 17.6 Å². The molecule has 33 heavy (non-hydrogen) atoms. The predicted octanol–water partition coefficient (Wildman–Crippen LogP) is 5.39. The highest BCUT2D eigenvalue weighted by molar-refractivity contribution is 5.79. The molecular formula is C23H24F4N4O2. The fourth-order valence-corrected chi connectivity index (χ4v) is 3.10. The number of hydrogen-bond acceptors (Lipinski definition) is 5. The topological polar surface area (TPSA) is 62.1 Å². The Labute approximate surface area is 188 Å². The number of hydrogen-bond donors (Lipinski definition) is 0. The Morgan fingerprint density at radius 2 is 1.97 bits per heavy atom. The monoisotopic (exact) mass is 464 g/mol. The lowest BCUT2D eigenvalue weighted by Crippen LogP contribution is -2.06. The van der Waals surface area contributed by atoms with Crippen molar-refractivity contribution in [3.8, 4) is 11.7 Å². The smallest absolute Gasteiger partial charge is 0.416 e. The van der Waals surface area contributed by atoms with Crippen LogP contribution in [0.2, 0.25) is 0 Å². The van der Waals surface area contributed by atoms with Crippen molar-refractivity contribution in [3.63, 3.8) is 0 Å². The molecule has 1 aromatic carbocycles. The van der Waals surface area contributed by atoms with Crippen LogP contribution in [0.3, 0.4) is 0 Å². The number of aromatic nitrogens is 4. The van der Waals surface area contributed by atoms with Gasteiger partial charge in [-0.1, -0.05) is 25.5 Å². The van der Waals surface area contributed by atoms with Gasteiger partial charge in [0.2, 0.25) is 5.88 Å². The first-order valence-electron chi connectivity index (χ1n) is 10.3. The third-order valence-corrected chi connectivity index (χ3v) is 4.77. The normalized spacial score (nSPS) is 12.3. The molecule has 0 aliphatic heterocycles. The van der Waals surface area contributed by atoms with Crippen LogP contribution in [0.15, 0.2) is 42.7 Å². The van der Waals surface area contributed by atoms with E-state index in [1.165, 1.54) is 18.0 Å². The average Bonchev–Trinajstić information content (AvgIpc) is 3.25. The first-order valence-corrected chi connectivity index (χ1v) is 10.3. The summed E-state index contributed by atoms with van der Waals surface area (Å²) in [5, 5.41) is 4.28. The first-order chi connectivity index (χ1) is 15.7. The van der Waals surface area contributed by atoms with E-state index in [0.29, 0.717) is 41.3 Å². The highest BCUT2D eigenvalue weighted by Crippen LogP contribution is 2.33. The fourth-order valence-electron chi connectivity index (χ4n) is 3.10. The Morgan fingerprint density at radius 1 is 1.18 bits per heavy atom. The summed E-state index contributed by atoms with van der Waals surface area (Å²) < 4.78 is 65.9. The number of nitrogens with zero attached hydrogens (tertiary/aromatic N) is 4. The Balaban J connectivity index is 1.99. The van der Waals surface area contributed by atoms with Crippen LogP contribution >= 0.6 is 0 Å². The summed E-state index contributed by atoms with van der Waals surface area (Å²) in [7, 11) is 1.48. The molecule has 0 bridgehead atoms. The summed E-state index contributed by atoms with van der Waals surface area (Å²) in [6.45, 7) is 4.42. The minimum Gasteiger partial charge on any atom is -0.481 e. The molecule has 2 aromatic heterocycles. The van der Waals surface area contributed by atoms with Crippen LogP contribution in [0, 0.1) is 12.7 Å². The Bertz CT molecular complexity index is 1130. The summed E-state index contributed by atoms with van der Waals surface area (Å²) in [5.74, 6) is 0.257. The molecule has 3 rings (SSSR count). The molecule has 0 N–H and O–H groups in total. The summed E-state index contributed by atoms with van der Waals surface area (Å²) >= 11 is 0. The minimum atomic E-state index is -4.64. The van der Waals surface area contributed by atoms with Gasteiger partial charge in [-0.15, -0.1) is 0 Å². The molecule has 10 heteroatoms. The van der Waals surface area contributed by atoms with Crippen molar-refractivity contribution in [1.82, 2.24) is 19.7 Å². The third-order valence-electron chi connectivity index (χ3n) is 4.77. The zero-order valence-corrected chi connectivity index (χ0v) is 18.5. The number of ether oxygens (including phenoxy) is 2. The highest BCUT2D eigenvalue weighted by atomic mass is 19.4. The Kier molecular flexibility index (Phi) is 7.80. The molecule has 0 unspecified atom stereocenters. The van der Waals surface area contributed by atoms with Gasteiger partial charge in [-0.3, -0.25) is 0 Å². The fraction of sp³-hybridized carbons (Fsp3) is 0.348. The molecule has 0 saturated heterocycles. The maximum Gasteiger partial charge on any atom is 0.416 e. The van der Waals surface area contributed by atoms with Crippen LogP contribution < -0.4 is 4.74 Å². The van der Waals surface area contributed by atoms with Crippen LogP contribution in [0.25, 0.3) is 11.4 Å². The SMILES string of the molecule is CCCCOC/C=C(\c1cnn(-c2cc(OC)nc(C)n2)c1)c1ccc(C(F)(F)F)cc1F. The van der Waals surface area contributed by atoms with Gasteiger partial charge in [-0.25, -0.2) is 14.1 Å². The van der Waals surface area contributed by atoms with E-state index in [9.17, 15) is 17.6 Å². The molecule has 3 aromatic rings. The number of aryl methyl sites for hydroxylation is 1. The molecular weight excluding hydrogens is 440 g/mol. The minimum absolute atomic E-state index is 0.0121. The zero-order valence-electron chi connectivity index (χ0n) is 18.5. The maximum atomic E-state index is 14.8. The summed E-state index contributed by atoms with van der Waals surface area (Å²) in [5.41, 5.74) is -0.190. The number of unbranched alkanes of at least 4 members (excludes halogenated alkanes) is 1. The molecule has 0 aliphatic rings. The molecule has 0 saturated carbocycles. The molecule has 0 spiro atoms. The van der Waals surface area contributed by atoms with Crippen LogP contribution in [-0.2, 0) is 10.9 Å². The number of methoxy groups -OCH3 is 1. The second kappa shape index (κ2) is 10.6. The molecule has 0 radical (unpaired) electrons. The quantitative estimate of drug-likeness (QED) is 0.314. The van der Waals surface area contributed by atoms with Gasteiger partial charge >= 0.3 is 6.18 Å². The molecule has 6 nitrogen and oxygen atoms in total. The van der Waals surface area contributed by atoms with Crippen molar-refractivity contribution in [3.05, 3.63) is 71.1 Å². The second-order valence-corrected chi connectivity index (χ2v) is 7.23. The van der Waals surface area contributed by atoms with E-state index in [2.05, 4.69) is 15.1 Å². The lowest BCUT2D eigenvalue weighted by Gasteiger charge is -2.12. The number of rotatable bonds is 9. The third kappa shape index (κ3) is 6.16. The van der Waals surface area contributed by atoms with Crippen LogP contribution in [-0.4, -0.2) is 40.1 Å². The van der Waals surface area contributed by atoms with Gasteiger partial charge in [-0.05, 0) is 31.1 Å². The Hall–Kier alpha value is -3.27. The molecule has 0 fully saturated rings. The number of alkyl halides is 3. The van der Waals surface area contributed by atoms with Gasteiger partial charge in [0, 0.05) is 30.0 Å². The van der Waals surface area contributed by atoms with Gasteiger partial charge in [0.25, 0.3) is 0 Å². The van der Waals surface area contributed by atoms with Gasteiger partial charge in [-0.2, -0.15) is 23.3 Å². The molecule has 176 valence electrons. The van der Waals surface area contributed by atoms with E-state index < -0.39 is 17.6 Å². The van der Waals surface area contributed by atoms with Gasteiger partial charge in [0.15, 0.2) is 5.82 Å². The lowest BCUT2D eigenvalue weighted by molar-refractivity contribution is -0.137. The summed E-state index contributed by atoms with van der Waals surface area (Å²) in [4.78, 5) is 8.44. The first kappa shape index (κ1) is 24.4. The number of benzene rings is 1. The predicted molar refractivity (Wildman–Crippen MR) is 115 cm³/mol. The van der Waals surface area contributed by atoms with Crippen LogP contribution in [0.5, 0.6) is 5.88 Å². The van der Waals surface area contributed by atoms with Crippen molar-refractivity contribution in [2.24, 2.45) is 0 Å². The van der Waals surface area contributed by atoms with E-state index in [-0.39, 0.29) is 12.2 Å². The second-order valence-electron chi connectivity index (χ2n) is 7.23. The zero-order chi connectivity index (χ0) is 24.0. The van der Waals surface area contributed by atoms with Crippen molar-refractivity contribution in [1.29, 1.82) is 0 Å². The average molecular weight is 464 g/mol. The van der Waals surface area contributed by atoms with Gasteiger partial charge in [0.1, 0.15) is 11.6 Å². The van der Waals surface area contributed by atoms with E-state index in [1.54, 1.807) is 25.3 Å². The van der Waals surface area contributed by atoms with Crippen molar-refractivity contribution in [2.75, 3.05) is 20.3 Å². The largest absolute Gasteiger partial charge is 0.481 e. The van der Waals surface area contributed by atoms with Crippen molar-refractivity contribution < 1.29 is 27.0 Å². The summed E-state index contributed by atoms with van der Waals surface area (Å²) in [6, 6.07) is 4.04. The van der Waals surface area contributed by atoms with Crippen molar-refractivity contribution in [2.45, 2.75) is 32.9 Å². The van der Waals surface area contributed by atoms with Crippen molar-refractivity contribution >= 4 is 5.57 Å². The van der Waals surface area contributed by atoms with E-state index >= 15 is 0 Å². The number of halogens is 4. The molecule has 0 atom stereocenters. The molecule has 2 heterocycles. The maximum absolute atomic E-state index is 14.8. The standard InChI is InChI=1S/C23H24F4N4O2/c1-4-5-9-33-10-8-18(19-7-6-17(11-20(19)24)23(25,26)27)16-13-28-31(14-16)21-12-22(32-3)30-15(2)29-21/h6-8,11-14H,4-5,9-10H2,1-3H3/b18-8+.